The quantitative estimate of drug-likeness (QED) is 0.549. The van der Waals surface area contributed by atoms with E-state index in [1.807, 2.05) is 0 Å². The minimum atomic E-state index is -2.28. The molecule has 10 heterocycles. The van der Waals surface area contributed by atoms with Gasteiger partial charge in [0.2, 0.25) is 0 Å². The summed E-state index contributed by atoms with van der Waals surface area (Å²) >= 11 is 0. The molecule has 10 fully saturated rings. The van der Waals surface area contributed by atoms with Gasteiger partial charge in [0.05, 0.1) is 0 Å². The van der Waals surface area contributed by atoms with Crippen molar-refractivity contribution in [2.24, 2.45) is 0 Å². The van der Waals surface area contributed by atoms with Gasteiger partial charge < -0.3 is 15.8 Å². The van der Waals surface area contributed by atoms with Crippen LogP contribution in [0, 0.1) is 0 Å². The number of anilines is 1. The van der Waals surface area contributed by atoms with E-state index >= 15 is 0 Å². The molecule has 21 heavy (non-hydrogen) atoms. The van der Waals surface area contributed by atoms with Gasteiger partial charge in [0, 0.05) is 11.2 Å². The molecule has 11 rings (SSSR count). The van der Waals surface area contributed by atoms with E-state index in [9.17, 15) is 0 Å². The first-order valence-electron chi connectivity index (χ1n) is 8.30. The second kappa shape index (κ2) is 0.875. The van der Waals surface area contributed by atoms with Crippen molar-refractivity contribution in [2.75, 3.05) is 5.73 Å². The maximum atomic E-state index is 8.68. The molecule has 4 N–H and O–H groups in total. The summed E-state index contributed by atoms with van der Waals surface area (Å²) in [5, 5.41) is 17.4. The van der Waals surface area contributed by atoms with Gasteiger partial charge >= 0.3 is 61.8 Å². The van der Waals surface area contributed by atoms with Crippen molar-refractivity contribution in [3.05, 3.63) is 24.3 Å². The van der Waals surface area contributed by atoms with E-state index in [-0.39, 0.29) is 0 Å². The summed E-state index contributed by atoms with van der Waals surface area (Å²) in [6, 6.07) is 6.63. The first-order valence-corrected chi connectivity index (χ1v) is 14.7. The van der Waals surface area contributed by atoms with Crippen molar-refractivity contribution in [1.82, 2.24) is 0 Å². The van der Waals surface area contributed by atoms with Crippen LogP contribution in [0.4, 0.5) is 5.69 Å². The molecule has 110 valence electrons. The molecule has 10 saturated heterocycles. The normalized spacial score (nSPS) is 94.0. The van der Waals surface area contributed by atoms with Crippen LogP contribution in [0.25, 0.3) is 0 Å². The molecule has 1 aromatic carbocycles. The molecule has 0 unspecified atom stereocenters. The average molecular weight is 323 g/mol. The molecule has 1 aromatic rings. The van der Waals surface area contributed by atoms with Gasteiger partial charge in [0.15, 0.2) is 0 Å². The molecule has 3 nitrogen and oxygen atoms in total. The second-order valence-corrected chi connectivity index (χ2v) is 35.5. The molecule has 0 radical (unpaired) electrons. The average Bonchev–Trinajstić information content (AvgIpc) is 3.40. The van der Waals surface area contributed by atoms with E-state index < -0.39 is 13.6 Å². The Labute approximate surface area is 113 Å². The first-order chi connectivity index (χ1) is 9.87. The van der Waals surface area contributed by atoms with Gasteiger partial charge in [-0.05, 0) is 6.07 Å². The summed E-state index contributed by atoms with van der Waals surface area (Å²) in [5.74, 6) is 0. The molecule has 1 spiro atoms. The zero-order valence-electron chi connectivity index (χ0n) is 11.5. The van der Waals surface area contributed by atoms with Crippen molar-refractivity contribution >= 4 is 18.3 Å². The Balaban J connectivity index is 0.0000000793. The fourth-order valence-corrected chi connectivity index (χ4v) is 88.7. The summed E-state index contributed by atoms with van der Waals surface area (Å²) < 4.78 is 0. The van der Waals surface area contributed by atoms with Crippen LogP contribution in [0.1, 0.15) is 0 Å². The fraction of sp³-hybridized carbons (Fsp3) is 0.625. The van der Waals surface area contributed by atoms with Crippen molar-refractivity contribution in [3.8, 4) is 0 Å². The summed E-state index contributed by atoms with van der Waals surface area (Å²) in [4.78, 5) is 15.9. The van der Waals surface area contributed by atoms with Crippen LogP contribution in [0.3, 0.4) is 0 Å². The number of hydrogen-bond donors (Lipinski definition) is 3. The van der Waals surface area contributed by atoms with Gasteiger partial charge in [-0.2, -0.15) is 0 Å². The molecule has 5 heteroatoms. The van der Waals surface area contributed by atoms with E-state index in [1.165, 1.54) is 0 Å². The number of fused-ring (bicyclic) bond motifs is 10. The Morgan fingerprint density at radius 1 is 0.762 bits per heavy atom. The summed E-state index contributed by atoms with van der Waals surface area (Å²) in [5.41, 5.74) is 6.15. The van der Waals surface area contributed by atoms with Gasteiger partial charge in [-0.15, -0.1) is 0 Å². The monoisotopic (exact) mass is 323 g/mol. The van der Waals surface area contributed by atoms with Gasteiger partial charge in [-0.25, -0.2) is 0 Å². The van der Waals surface area contributed by atoms with Gasteiger partial charge in [0.25, 0.3) is 0 Å². The third-order valence-electron chi connectivity index (χ3n) is 15.8. The molecule has 0 saturated carbocycles. The standard InChI is InChI=1S/C6H8BNO2.2C5H5.Fe/c8-6-4-2-1-3-5(6)7(9)10;2*1-2-4-5-3-1;/h1-4,9-10H,8H2;2*1-5H;. The molecular formula is C16H18BFeNO2. The third-order valence-corrected chi connectivity index (χ3v) is 57.7. The number of rotatable bonds is 1. The summed E-state index contributed by atoms with van der Waals surface area (Å²) in [6.07, 6.45) is 0. The van der Waals surface area contributed by atoms with Crippen LogP contribution in [-0.4, -0.2) is 17.2 Å². The topological polar surface area (TPSA) is 66.5 Å². The SMILES string of the molecule is Nc1ccccc1B(O)O.[CH]12[CH]3[CH]4[CH]5[CH]1[Fe]23451678[CH]2[CH]1[CH]6[CH]7[CH]28. The van der Waals surface area contributed by atoms with Gasteiger partial charge in [-0.1, -0.05) is 18.2 Å². The Morgan fingerprint density at radius 2 is 1.14 bits per heavy atom. The Hall–Kier alpha value is -0.476. The number of hydrogen-bond acceptors (Lipinski definition) is 3. The number of para-hydroxylation sites is 1. The Kier molecular flexibility index (Phi) is 0.374. The number of nitrogens with two attached hydrogens (primary N) is 1. The second-order valence-electron chi connectivity index (χ2n) is 11.6. The molecule has 10 aliphatic heterocycles. The zero-order valence-corrected chi connectivity index (χ0v) is 12.6. The van der Waals surface area contributed by atoms with Gasteiger partial charge in [-0.3, -0.25) is 0 Å². The first kappa shape index (κ1) is 8.98. The van der Waals surface area contributed by atoms with Crippen LogP contribution in [-0.2, 0) is 6.51 Å². The van der Waals surface area contributed by atoms with Crippen LogP contribution in [0.15, 0.2) is 24.3 Å². The molecule has 0 amide bonds. The van der Waals surface area contributed by atoms with Gasteiger partial charge in [0.1, 0.15) is 0 Å². The Bertz CT molecular complexity index is 966. The molecule has 0 aliphatic carbocycles. The predicted octanol–water partition coefficient (Wildman–Crippen LogP) is 2.32. The Morgan fingerprint density at radius 3 is 1.33 bits per heavy atom. The van der Waals surface area contributed by atoms with Crippen molar-refractivity contribution < 1.29 is 16.6 Å². The van der Waals surface area contributed by atoms with Crippen LogP contribution in [0.5, 0.6) is 0 Å². The van der Waals surface area contributed by atoms with Crippen molar-refractivity contribution in [3.63, 3.8) is 0 Å². The van der Waals surface area contributed by atoms with Crippen molar-refractivity contribution in [1.29, 1.82) is 0 Å². The van der Waals surface area contributed by atoms with E-state index in [2.05, 4.69) is 0 Å². The maximum absolute atomic E-state index is 8.68. The van der Waals surface area contributed by atoms with Crippen molar-refractivity contribution in [2.45, 2.75) is 48.2 Å². The number of nitrogen functional groups attached to an aromatic ring is 1. The van der Waals surface area contributed by atoms with Crippen LogP contribution in [0.2, 0.25) is 48.2 Å². The summed E-state index contributed by atoms with van der Waals surface area (Å²) in [7, 11) is -1.47. The van der Waals surface area contributed by atoms with E-state index in [4.69, 9.17) is 15.8 Å². The van der Waals surface area contributed by atoms with Crippen LogP contribution >= 0.6 is 0 Å². The molecule has 10 aliphatic rings. The molecule has 0 aromatic heterocycles. The van der Waals surface area contributed by atoms with Crippen LogP contribution < -0.4 is 11.2 Å². The van der Waals surface area contributed by atoms with E-state index in [0.717, 1.165) is 0 Å². The zero-order chi connectivity index (χ0) is 13.7. The molecular weight excluding hydrogens is 305 g/mol. The molecule has 0 atom stereocenters. The van der Waals surface area contributed by atoms with E-state index in [0.29, 0.717) is 11.2 Å². The third kappa shape index (κ3) is 0.130. The molecule has 0 bridgehead atoms. The fourth-order valence-electron chi connectivity index (χ4n) is 16.6. The summed E-state index contributed by atoms with van der Waals surface area (Å²) in [6.45, 7) is -2.28. The minimum absolute atomic E-state index is 0.350. The van der Waals surface area contributed by atoms with E-state index in [1.54, 1.807) is 72.4 Å². The predicted molar refractivity (Wildman–Crippen MR) is 78.2 cm³/mol. The number of benzene rings is 1.